The van der Waals surface area contributed by atoms with Crippen LogP contribution in [0.1, 0.15) is 30.0 Å². The van der Waals surface area contributed by atoms with E-state index in [4.69, 9.17) is 0 Å². The van der Waals surface area contributed by atoms with Gasteiger partial charge < -0.3 is 15.5 Å². The topological polar surface area (TPSA) is 61.4 Å². The van der Waals surface area contributed by atoms with Gasteiger partial charge in [-0.2, -0.15) is 0 Å². The fraction of sp³-hybridized carbons (Fsp3) is 0.364. The van der Waals surface area contributed by atoms with E-state index in [9.17, 15) is 9.59 Å². The average Bonchev–Trinajstić information content (AvgIpc) is 2.66. The SMILES string of the molecule is Cc1cccc(NC(=O)CNC(=O)CN2c3ccccc3CC[C@@H]2C)c1C. The lowest BCUT2D eigenvalue weighted by Crippen LogP contribution is -2.45. The van der Waals surface area contributed by atoms with Gasteiger partial charge in [0.2, 0.25) is 11.8 Å². The molecule has 0 spiro atoms. The van der Waals surface area contributed by atoms with E-state index in [1.165, 1.54) is 5.56 Å². The number of rotatable bonds is 5. The summed E-state index contributed by atoms with van der Waals surface area (Å²) < 4.78 is 0. The standard InChI is InChI=1S/C22H27N3O2/c1-15-7-6-9-19(17(15)3)24-21(26)13-23-22(27)14-25-16(2)11-12-18-8-4-5-10-20(18)25/h4-10,16H,11-14H2,1-3H3,(H,23,27)(H,24,26)/t16-/m0/s1. The number of para-hydroxylation sites is 1. The summed E-state index contributed by atoms with van der Waals surface area (Å²) >= 11 is 0. The number of nitrogens with zero attached hydrogens (tertiary/aromatic N) is 1. The van der Waals surface area contributed by atoms with Crippen LogP contribution >= 0.6 is 0 Å². The summed E-state index contributed by atoms with van der Waals surface area (Å²) in [6, 6.07) is 14.3. The Kier molecular flexibility index (Phi) is 5.79. The van der Waals surface area contributed by atoms with Crippen molar-refractivity contribution in [2.24, 2.45) is 0 Å². The lowest BCUT2D eigenvalue weighted by Gasteiger charge is -2.36. The van der Waals surface area contributed by atoms with E-state index in [-0.39, 0.29) is 24.9 Å². The van der Waals surface area contributed by atoms with Crippen molar-refractivity contribution in [2.45, 2.75) is 39.7 Å². The van der Waals surface area contributed by atoms with Crippen molar-refractivity contribution in [3.8, 4) is 0 Å². The lowest BCUT2D eigenvalue weighted by atomic mass is 9.97. The number of hydrogen-bond donors (Lipinski definition) is 2. The minimum absolute atomic E-state index is 0.0317. The average molecular weight is 365 g/mol. The molecule has 5 nitrogen and oxygen atoms in total. The van der Waals surface area contributed by atoms with E-state index in [2.05, 4.69) is 34.6 Å². The first kappa shape index (κ1) is 19.0. The zero-order chi connectivity index (χ0) is 19.4. The Bertz CT molecular complexity index is 847. The summed E-state index contributed by atoms with van der Waals surface area (Å²) in [5.74, 6) is -0.362. The molecule has 3 rings (SSSR count). The first-order chi connectivity index (χ1) is 13.0. The molecule has 5 heteroatoms. The van der Waals surface area contributed by atoms with Crippen molar-refractivity contribution in [1.29, 1.82) is 0 Å². The number of hydrogen-bond acceptors (Lipinski definition) is 3. The number of amides is 2. The summed E-state index contributed by atoms with van der Waals surface area (Å²) in [5, 5.41) is 5.61. The van der Waals surface area contributed by atoms with Gasteiger partial charge in [-0.3, -0.25) is 9.59 Å². The highest BCUT2D eigenvalue weighted by molar-refractivity contribution is 5.95. The largest absolute Gasteiger partial charge is 0.359 e. The molecule has 2 aromatic rings. The molecule has 0 bridgehead atoms. The van der Waals surface area contributed by atoms with Gasteiger partial charge in [0.25, 0.3) is 0 Å². The lowest BCUT2D eigenvalue weighted by molar-refractivity contribution is -0.123. The quantitative estimate of drug-likeness (QED) is 0.855. The van der Waals surface area contributed by atoms with E-state index < -0.39 is 0 Å². The number of nitrogens with one attached hydrogen (secondary N) is 2. The molecular weight excluding hydrogens is 338 g/mol. The van der Waals surface area contributed by atoms with Crippen molar-refractivity contribution in [2.75, 3.05) is 23.3 Å². The van der Waals surface area contributed by atoms with Crippen LogP contribution in [0.4, 0.5) is 11.4 Å². The number of carbonyl (C=O) groups is 2. The second-order valence-corrected chi connectivity index (χ2v) is 7.22. The smallest absolute Gasteiger partial charge is 0.243 e. The van der Waals surface area contributed by atoms with E-state index in [1.54, 1.807) is 0 Å². The molecule has 1 heterocycles. The van der Waals surface area contributed by atoms with Gasteiger partial charge in [0.05, 0.1) is 13.1 Å². The number of carbonyl (C=O) groups excluding carboxylic acids is 2. The summed E-state index contributed by atoms with van der Waals surface area (Å²) in [6.07, 6.45) is 2.06. The van der Waals surface area contributed by atoms with Crippen molar-refractivity contribution >= 4 is 23.2 Å². The van der Waals surface area contributed by atoms with E-state index >= 15 is 0 Å². The van der Waals surface area contributed by atoms with Crippen LogP contribution in [0.5, 0.6) is 0 Å². The highest BCUT2D eigenvalue weighted by atomic mass is 16.2. The normalized spacial score (nSPS) is 15.8. The molecule has 0 unspecified atom stereocenters. The van der Waals surface area contributed by atoms with Crippen LogP contribution in [0.2, 0.25) is 0 Å². The van der Waals surface area contributed by atoms with Crippen LogP contribution in [0.3, 0.4) is 0 Å². The Morgan fingerprint density at radius 2 is 1.85 bits per heavy atom. The maximum Gasteiger partial charge on any atom is 0.243 e. The third kappa shape index (κ3) is 4.48. The highest BCUT2D eigenvalue weighted by Gasteiger charge is 2.24. The summed E-state index contributed by atoms with van der Waals surface area (Å²) in [7, 11) is 0. The summed E-state index contributed by atoms with van der Waals surface area (Å²) in [5.41, 5.74) is 5.33. The van der Waals surface area contributed by atoms with Crippen LogP contribution in [-0.4, -0.2) is 30.9 Å². The van der Waals surface area contributed by atoms with Gasteiger partial charge >= 0.3 is 0 Å². The van der Waals surface area contributed by atoms with Crippen LogP contribution in [0, 0.1) is 13.8 Å². The minimum Gasteiger partial charge on any atom is -0.359 e. The molecule has 1 atom stereocenters. The maximum atomic E-state index is 12.4. The van der Waals surface area contributed by atoms with Crippen molar-refractivity contribution < 1.29 is 9.59 Å². The van der Waals surface area contributed by atoms with E-state index in [1.807, 2.05) is 44.2 Å². The number of anilines is 2. The maximum absolute atomic E-state index is 12.4. The molecule has 142 valence electrons. The number of benzene rings is 2. The Morgan fingerprint density at radius 3 is 2.67 bits per heavy atom. The molecule has 27 heavy (non-hydrogen) atoms. The first-order valence-electron chi connectivity index (χ1n) is 9.43. The second kappa shape index (κ2) is 8.25. The minimum atomic E-state index is -0.218. The fourth-order valence-corrected chi connectivity index (χ4v) is 3.47. The van der Waals surface area contributed by atoms with Gasteiger partial charge in [-0.15, -0.1) is 0 Å². The number of aryl methyl sites for hydroxylation is 2. The van der Waals surface area contributed by atoms with Gasteiger partial charge in [-0.25, -0.2) is 0 Å². The summed E-state index contributed by atoms with van der Waals surface area (Å²) in [6.45, 7) is 6.34. The van der Waals surface area contributed by atoms with E-state index in [0.717, 1.165) is 35.3 Å². The molecule has 2 N–H and O–H groups in total. The Labute approximate surface area is 160 Å². The molecule has 1 aliphatic heterocycles. The molecule has 0 aliphatic carbocycles. The third-order valence-corrected chi connectivity index (χ3v) is 5.30. The zero-order valence-corrected chi connectivity index (χ0v) is 16.2. The Hall–Kier alpha value is -2.82. The van der Waals surface area contributed by atoms with Crippen LogP contribution in [-0.2, 0) is 16.0 Å². The first-order valence-corrected chi connectivity index (χ1v) is 9.43. The number of fused-ring (bicyclic) bond motifs is 1. The van der Waals surface area contributed by atoms with Crippen LogP contribution in [0.15, 0.2) is 42.5 Å². The Balaban J connectivity index is 1.55. The van der Waals surface area contributed by atoms with Crippen molar-refractivity contribution in [1.82, 2.24) is 5.32 Å². The second-order valence-electron chi connectivity index (χ2n) is 7.22. The third-order valence-electron chi connectivity index (χ3n) is 5.30. The molecule has 2 amide bonds. The van der Waals surface area contributed by atoms with Crippen LogP contribution < -0.4 is 15.5 Å². The molecule has 0 radical (unpaired) electrons. The Morgan fingerprint density at radius 1 is 1.07 bits per heavy atom. The molecule has 0 aromatic heterocycles. The van der Waals surface area contributed by atoms with Crippen molar-refractivity contribution in [3.05, 3.63) is 59.2 Å². The molecule has 0 saturated carbocycles. The predicted molar refractivity (Wildman–Crippen MR) is 109 cm³/mol. The van der Waals surface area contributed by atoms with Gasteiger partial charge in [0, 0.05) is 17.4 Å². The van der Waals surface area contributed by atoms with Crippen LogP contribution in [0.25, 0.3) is 0 Å². The monoisotopic (exact) mass is 365 g/mol. The highest BCUT2D eigenvalue weighted by Crippen LogP contribution is 2.29. The fourth-order valence-electron chi connectivity index (χ4n) is 3.47. The molecular formula is C22H27N3O2. The molecule has 1 aliphatic rings. The molecule has 2 aromatic carbocycles. The molecule has 0 saturated heterocycles. The van der Waals surface area contributed by atoms with Gasteiger partial charge in [-0.1, -0.05) is 30.3 Å². The predicted octanol–water partition coefficient (Wildman–Crippen LogP) is 3.20. The van der Waals surface area contributed by atoms with Gasteiger partial charge in [-0.05, 0) is 62.4 Å². The van der Waals surface area contributed by atoms with Gasteiger partial charge in [0.15, 0.2) is 0 Å². The van der Waals surface area contributed by atoms with E-state index in [0.29, 0.717) is 6.04 Å². The molecule has 0 fully saturated rings. The van der Waals surface area contributed by atoms with Crippen molar-refractivity contribution in [3.63, 3.8) is 0 Å². The zero-order valence-electron chi connectivity index (χ0n) is 16.2. The van der Waals surface area contributed by atoms with Gasteiger partial charge in [0.1, 0.15) is 0 Å². The summed E-state index contributed by atoms with van der Waals surface area (Å²) in [4.78, 5) is 26.7.